The van der Waals surface area contributed by atoms with E-state index < -0.39 is 0 Å². The van der Waals surface area contributed by atoms with Crippen LogP contribution in [-0.2, 0) is 0 Å². The molecule has 0 heterocycles. The number of hydrogen-bond donors (Lipinski definition) is 1. The second-order valence-electron chi connectivity index (χ2n) is 5.17. The van der Waals surface area contributed by atoms with Crippen molar-refractivity contribution in [2.75, 3.05) is 0 Å². The van der Waals surface area contributed by atoms with Crippen molar-refractivity contribution in [1.29, 1.82) is 0 Å². The third-order valence-electron chi connectivity index (χ3n) is 3.25. The van der Waals surface area contributed by atoms with Crippen LogP contribution in [-0.4, -0.2) is 5.11 Å². The molecule has 0 unspecified atom stereocenters. The van der Waals surface area contributed by atoms with E-state index in [1.54, 1.807) is 6.92 Å². The molecule has 0 saturated heterocycles. The van der Waals surface area contributed by atoms with Crippen molar-refractivity contribution in [2.45, 2.75) is 90.9 Å². The standard InChI is InChI=1S/C16H32O/c1-3-4-5-6-7-8-9-10-11-12-13-14-15-16(2)17/h15,17H,3-14H2,1-2H3. The van der Waals surface area contributed by atoms with Crippen molar-refractivity contribution in [2.24, 2.45) is 0 Å². The molecule has 0 bridgehead atoms. The molecule has 1 heteroatoms. The molecule has 0 aromatic heterocycles. The van der Waals surface area contributed by atoms with Crippen LogP contribution >= 0.6 is 0 Å². The molecule has 1 N–H and O–H groups in total. The van der Waals surface area contributed by atoms with Crippen molar-refractivity contribution in [3.63, 3.8) is 0 Å². The van der Waals surface area contributed by atoms with E-state index in [1.165, 1.54) is 70.6 Å². The van der Waals surface area contributed by atoms with Crippen molar-refractivity contribution in [3.8, 4) is 0 Å². The van der Waals surface area contributed by atoms with E-state index in [4.69, 9.17) is 5.11 Å². The van der Waals surface area contributed by atoms with Gasteiger partial charge in [0.05, 0.1) is 5.76 Å². The molecule has 0 aromatic carbocycles. The predicted molar refractivity (Wildman–Crippen MR) is 77.5 cm³/mol. The van der Waals surface area contributed by atoms with Crippen LogP contribution in [0.5, 0.6) is 0 Å². The topological polar surface area (TPSA) is 20.2 Å². The highest BCUT2D eigenvalue weighted by atomic mass is 16.3. The molecular weight excluding hydrogens is 208 g/mol. The van der Waals surface area contributed by atoms with Crippen LogP contribution in [0.4, 0.5) is 0 Å². The number of aliphatic hydroxyl groups excluding tert-OH is 1. The van der Waals surface area contributed by atoms with Crippen molar-refractivity contribution in [3.05, 3.63) is 11.8 Å². The molecule has 0 fully saturated rings. The van der Waals surface area contributed by atoms with Crippen LogP contribution in [0.2, 0.25) is 0 Å². The first-order chi connectivity index (χ1) is 8.27. The lowest BCUT2D eigenvalue weighted by atomic mass is 10.1. The van der Waals surface area contributed by atoms with Gasteiger partial charge in [-0.15, -0.1) is 0 Å². The molecule has 0 spiro atoms. The lowest BCUT2D eigenvalue weighted by Gasteiger charge is -2.01. The number of hydrogen-bond acceptors (Lipinski definition) is 1. The summed E-state index contributed by atoms with van der Waals surface area (Å²) in [5, 5.41) is 8.97. The summed E-state index contributed by atoms with van der Waals surface area (Å²) in [5.74, 6) is 0.470. The van der Waals surface area contributed by atoms with Crippen LogP contribution in [0.3, 0.4) is 0 Å². The molecule has 0 aliphatic heterocycles. The molecule has 0 saturated carbocycles. The molecule has 0 aliphatic carbocycles. The van der Waals surface area contributed by atoms with E-state index in [1.807, 2.05) is 6.08 Å². The number of allylic oxidation sites excluding steroid dienone is 2. The molecule has 0 aromatic rings. The Morgan fingerprint density at radius 3 is 1.59 bits per heavy atom. The first kappa shape index (κ1) is 16.5. The third-order valence-corrected chi connectivity index (χ3v) is 3.25. The monoisotopic (exact) mass is 240 g/mol. The van der Waals surface area contributed by atoms with E-state index >= 15 is 0 Å². The van der Waals surface area contributed by atoms with Gasteiger partial charge >= 0.3 is 0 Å². The zero-order chi connectivity index (χ0) is 12.8. The quantitative estimate of drug-likeness (QED) is 0.320. The first-order valence-electron chi connectivity index (χ1n) is 7.63. The van der Waals surface area contributed by atoms with Gasteiger partial charge in [-0.2, -0.15) is 0 Å². The van der Waals surface area contributed by atoms with Crippen molar-refractivity contribution >= 4 is 0 Å². The van der Waals surface area contributed by atoms with Gasteiger partial charge in [0.25, 0.3) is 0 Å². The fraction of sp³-hybridized carbons (Fsp3) is 0.875. The van der Waals surface area contributed by atoms with Gasteiger partial charge in [0.1, 0.15) is 0 Å². The summed E-state index contributed by atoms with van der Waals surface area (Å²) in [4.78, 5) is 0. The second-order valence-corrected chi connectivity index (χ2v) is 5.17. The summed E-state index contributed by atoms with van der Waals surface area (Å²) in [6.45, 7) is 4.02. The van der Waals surface area contributed by atoms with Gasteiger partial charge in [-0.25, -0.2) is 0 Å². The zero-order valence-corrected chi connectivity index (χ0v) is 12.0. The van der Waals surface area contributed by atoms with E-state index in [-0.39, 0.29) is 0 Å². The average Bonchev–Trinajstić information content (AvgIpc) is 2.30. The lowest BCUT2D eigenvalue weighted by molar-refractivity contribution is 0.410. The smallest absolute Gasteiger partial charge is 0.0851 e. The molecular formula is C16H32O. The van der Waals surface area contributed by atoms with Crippen LogP contribution in [0.25, 0.3) is 0 Å². The minimum atomic E-state index is 0.470. The van der Waals surface area contributed by atoms with Gasteiger partial charge in [-0.05, 0) is 25.8 Å². The summed E-state index contributed by atoms with van der Waals surface area (Å²) in [7, 11) is 0. The molecule has 102 valence electrons. The van der Waals surface area contributed by atoms with Crippen LogP contribution in [0.1, 0.15) is 90.9 Å². The fourth-order valence-electron chi connectivity index (χ4n) is 2.12. The third kappa shape index (κ3) is 15.5. The zero-order valence-electron chi connectivity index (χ0n) is 12.0. The summed E-state index contributed by atoms with van der Waals surface area (Å²) in [6, 6.07) is 0. The molecule has 0 atom stereocenters. The highest BCUT2D eigenvalue weighted by molar-refractivity contribution is 4.85. The number of unbranched alkanes of at least 4 members (excludes halogenated alkanes) is 11. The Morgan fingerprint density at radius 1 is 0.765 bits per heavy atom. The Kier molecular flexibility index (Phi) is 13.2. The minimum absolute atomic E-state index is 0.470. The number of rotatable bonds is 12. The summed E-state index contributed by atoms with van der Waals surface area (Å²) < 4.78 is 0. The SMILES string of the molecule is CCCCCCCCCCCCCC=C(C)O. The Labute approximate surface area is 108 Å². The van der Waals surface area contributed by atoms with Gasteiger partial charge in [0.2, 0.25) is 0 Å². The Hall–Kier alpha value is -0.460. The van der Waals surface area contributed by atoms with Gasteiger partial charge < -0.3 is 5.11 Å². The van der Waals surface area contributed by atoms with Crippen molar-refractivity contribution < 1.29 is 5.11 Å². The largest absolute Gasteiger partial charge is 0.513 e. The summed E-state index contributed by atoms with van der Waals surface area (Å²) in [5.41, 5.74) is 0. The van der Waals surface area contributed by atoms with Crippen LogP contribution < -0.4 is 0 Å². The van der Waals surface area contributed by atoms with E-state index in [0.717, 1.165) is 6.42 Å². The van der Waals surface area contributed by atoms with E-state index in [2.05, 4.69) is 6.92 Å². The van der Waals surface area contributed by atoms with Gasteiger partial charge in [0.15, 0.2) is 0 Å². The van der Waals surface area contributed by atoms with Crippen LogP contribution in [0.15, 0.2) is 11.8 Å². The molecule has 17 heavy (non-hydrogen) atoms. The molecule has 0 aliphatic rings. The number of aliphatic hydroxyl groups is 1. The Bertz CT molecular complexity index is 168. The predicted octanol–water partition coefficient (Wildman–Crippen LogP) is 6.15. The summed E-state index contributed by atoms with van der Waals surface area (Å²) in [6.07, 6.45) is 18.2. The molecule has 0 rings (SSSR count). The maximum absolute atomic E-state index is 8.97. The minimum Gasteiger partial charge on any atom is -0.513 e. The maximum Gasteiger partial charge on any atom is 0.0851 e. The van der Waals surface area contributed by atoms with Gasteiger partial charge in [-0.3, -0.25) is 0 Å². The Balaban J connectivity index is 2.96. The Morgan fingerprint density at radius 2 is 1.18 bits per heavy atom. The van der Waals surface area contributed by atoms with E-state index in [0.29, 0.717) is 5.76 Å². The second kappa shape index (κ2) is 13.6. The maximum atomic E-state index is 8.97. The van der Waals surface area contributed by atoms with Gasteiger partial charge in [-0.1, -0.05) is 71.1 Å². The first-order valence-corrected chi connectivity index (χ1v) is 7.63. The molecule has 0 radical (unpaired) electrons. The fourth-order valence-corrected chi connectivity index (χ4v) is 2.12. The molecule has 0 amide bonds. The van der Waals surface area contributed by atoms with Gasteiger partial charge in [0, 0.05) is 0 Å². The highest BCUT2D eigenvalue weighted by Crippen LogP contribution is 2.12. The highest BCUT2D eigenvalue weighted by Gasteiger charge is 1.92. The van der Waals surface area contributed by atoms with Crippen molar-refractivity contribution in [1.82, 2.24) is 0 Å². The normalized spacial score (nSPS) is 12.0. The summed E-state index contributed by atoms with van der Waals surface area (Å²) >= 11 is 0. The van der Waals surface area contributed by atoms with Crippen LogP contribution in [0, 0.1) is 0 Å². The van der Waals surface area contributed by atoms with E-state index in [9.17, 15) is 0 Å². The molecule has 1 nitrogen and oxygen atoms in total. The lowest BCUT2D eigenvalue weighted by Crippen LogP contribution is -1.82. The average molecular weight is 240 g/mol.